The highest BCUT2D eigenvalue weighted by molar-refractivity contribution is 6.10. The molecular formula is C11H12N2O2. The minimum atomic E-state index is -1.02. The maximum absolute atomic E-state index is 10.5. The lowest BCUT2D eigenvalue weighted by Crippen LogP contribution is -2.07. The van der Waals surface area contributed by atoms with Crippen LogP contribution < -0.4 is 0 Å². The van der Waals surface area contributed by atoms with E-state index in [1.807, 2.05) is 13.0 Å². The Labute approximate surface area is 87.8 Å². The van der Waals surface area contributed by atoms with Gasteiger partial charge in [0, 0.05) is 5.56 Å². The number of hydrogen-bond donors (Lipinski definition) is 2. The second-order valence-corrected chi connectivity index (χ2v) is 3.23. The third-order valence-electron chi connectivity index (χ3n) is 1.98. The second-order valence-electron chi connectivity index (χ2n) is 3.23. The molecular weight excluding hydrogens is 192 g/mol. The maximum atomic E-state index is 10.5. The number of nitrogens with zero attached hydrogens (tertiary/aromatic N) is 1. The zero-order valence-corrected chi connectivity index (χ0v) is 8.45. The van der Waals surface area contributed by atoms with Crippen molar-refractivity contribution in [3.8, 4) is 0 Å². The molecule has 0 aliphatic carbocycles. The molecule has 0 saturated heterocycles. The molecule has 0 aliphatic heterocycles. The Balaban J connectivity index is 3.08. The lowest BCUT2D eigenvalue weighted by molar-refractivity contribution is -0.135. The van der Waals surface area contributed by atoms with Crippen LogP contribution in [0.2, 0.25) is 0 Å². The van der Waals surface area contributed by atoms with Crippen LogP contribution in [0, 0.1) is 12.3 Å². The fourth-order valence-electron chi connectivity index (χ4n) is 1.27. The number of benzene rings is 1. The van der Waals surface area contributed by atoms with Crippen molar-refractivity contribution in [2.75, 3.05) is 0 Å². The zero-order valence-electron chi connectivity index (χ0n) is 8.45. The summed E-state index contributed by atoms with van der Waals surface area (Å²) in [6, 6.07) is 5.30. The van der Waals surface area contributed by atoms with Crippen LogP contribution in [0.25, 0.3) is 0 Å². The summed E-state index contributed by atoms with van der Waals surface area (Å²) in [6.07, 6.45) is -0.300. The molecule has 2 N–H and O–H groups in total. The van der Waals surface area contributed by atoms with E-state index in [0.717, 1.165) is 5.56 Å². The SMILES string of the molecule is C=Nc1cc(C)ccc1C(=N)CC(=O)O. The summed E-state index contributed by atoms with van der Waals surface area (Å²) in [7, 11) is 0. The number of carboxylic acid groups (broad SMARTS) is 1. The number of nitrogens with one attached hydrogen (secondary N) is 1. The monoisotopic (exact) mass is 204 g/mol. The molecule has 15 heavy (non-hydrogen) atoms. The van der Waals surface area contributed by atoms with Gasteiger partial charge in [-0.05, 0) is 25.3 Å². The summed E-state index contributed by atoms with van der Waals surface area (Å²) in [5, 5.41) is 16.2. The Morgan fingerprint density at radius 3 is 2.80 bits per heavy atom. The topological polar surface area (TPSA) is 73.5 Å². The molecule has 0 bridgehead atoms. The molecule has 0 saturated carbocycles. The van der Waals surface area contributed by atoms with E-state index in [4.69, 9.17) is 10.5 Å². The van der Waals surface area contributed by atoms with E-state index in [1.54, 1.807) is 12.1 Å². The van der Waals surface area contributed by atoms with Crippen molar-refractivity contribution < 1.29 is 9.90 Å². The summed E-state index contributed by atoms with van der Waals surface area (Å²) in [6.45, 7) is 5.30. The van der Waals surface area contributed by atoms with Gasteiger partial charge in [-0.2, -0.15) is 0 Å². The van der Waals surface area contributed by atoms with Gasteiger partial charge in [0.1, 0.15) is 0 Å². The van der Waals surface area contributed by atoms with Crippen molar-refractivity contribution >= 4 is 24.1 Å². The van der Waals surface area contributed by atoms with Crippen LogP contribution in [0.1, 0.15) is 17.5 Å². The zero-order chi connectivity index (χ0) is 11.4. The molecule has 1 rings (SSSR count). The Bertz CT molecular complexity index is 425. The first-order chi connectivity index (χ1) is 7.04. The quantitative estimate of drug-likeness (QED) is 0.737. The highest BCUT2D eigenvalue weighted by atomic mass is 16.4. The summed E-state index contributed by atoms with van der Waals surface area (Å²) < 4.78 is 0. The number of aliphatic imine (C=N–C) groups is 1. The first-order valence-corrected chi connectivity index (χ1v) is 4.41. The minimum absolute atomic E-state index is 0.0462. The molecule has 1 aromatic rings. The normalized spacial score (nSPS) is 9.67. The van der Waals surface area contributed by atoms with Crippen LogP contribution >= 0.6 is 0 Å². The smallest absolute Gasteiger partial charge is 0.309 e. The van der Waals surface area contributed by atoms with E-state index in [0.29, 0.717) is 11.3 Å². The van der Waals surface area contributed by atoms with Crippen molar-refractivity contribution in [1.29, 1.82) is 5.41 Å². The predicted octanol–water partition coefficient (Wildman–Crippen LogP) is 2.17. The van der Waals surface area contributed by atoms with Gasteiger partial charge < -0.3 is 10.5 Å². The fraction of sp³-hybridized carbons (Fsp3) is 0.182. The van der Waals surface area contributed by atoms with Gasteiger partial charge in [0.25, 0.3) is 0 Å². The molecule has 0 heterocycles. The van der Waals surface area contributed by atoms with Gasteiger partial charge in [-0.25, -0.2) is 0 Å². The molecule has 0 aliphatic rings. The molecule has 1 aromatic carbocycles. The van der Waals surface area contributed by atoms with Crippen molar-refractivity contribution in [1.82, 2.24) is 0 Å². The lowest BCUT2D eigenvalue weighted by atomic mass is 10.0. The van der Waals surface area contributed by atoms with Crippen LogP contribution in [0.4, 0.5) is 5.69 Å². The number of hydrogen-bond acceptors (Lipinski definition) is 3. The molecule has 0 fully saturated rings. The average molecular weight is 204 g/mol. The highest BCUT2D eigenvalue weighted by Gasteiger charge is 2.10. The van der Waals surface area contributed by atoms with E-state index in [1.165, 1.54) is 0 Å². The fourth-order valence-corrected chi connectivity index (χ4v) is 1.27. The van der Waals surface area contributed by atoms with Gasteiger partial charge in [0.15, 0.2) is 0 Å². The van der Waals surface area contributed by atoms with Crippen LogP contribution in [-0.2, 0) is 4.79 Å². The maximum Gasteiger partial charge on any atom is 0.309 e. The second kappa shape index (κ2) is 4.50. The molecule has 0 spiro atoms. The summed E-state index contributed by atoms with van der Waals surface area (Å²) in [5.74, 6) is -1.02. The van der Waals surface area contributed by atoms with Crippen molar-refractivity contribution in [2.24, 2.45) is 4.99 Å². The van der Waals surface area contributed by atoms with Crippen molar-refractivity contribution in [2.45, 2.75) is 13.3 Å². The molecule has 0 amide bonds. The summed E-state index contributed by atoms with van der Waals surface area (Å²) in [4.78, 5) is 14.2. The van der Waals surface area contributed by atoms with E-state index < -0.39 is 5.97 Å². The largest absolute Gasteiger partial charge is 0.481 e. The van der Waals surface area contributed by atoms with E-state index in [-0.39, 0.29) is 12.1 Å². The Kier molecular flexibility index (Phi) is 3.33. The van der Waals surface area contributed by atoms with E-state index in [9.17, 15) is 4.79 Å². The number of carbonyl (C=O) groups is 1. The molecule has 4 heteroatoms. The Morgan fingerprint density at radius 1 is 1.60 bits per heavy atom. The Morgan fingerprint density at radius 2 is 2.27 bits per heavy atom. The van der Waals surface area contributed by atoms with E-state index in [2.05, 4.69) is 11.7 Å². The average Bonchev–Trinajstić information content (AvgIpc) is 2.16. The van der Waals surface area contributed by atoms with Crippen LogP contribution in [0.5, 0.6) is 0 Å². The van der Waals surface area contributed by atoms with Crippen molar-refractivity contribution in [3.05, 3.63) is 29.3 Å². The van der Waals surface area contributed by atoms with Gasteiger partial charge in [-0.3, -0.25) is 9.79 Å². The van der Waals surface area contributed by atoms with Crippen LogP contribution in [0.3, 0.4) is 0 Å². The molecule has 4 nitrogen and oxygen atoms in total. The number of aryl methyl sites for hydroxylation is 1. The first-order valence-electron chi connectivity index (χ1n) is 4.41. The van der Waals surface area contributed by atoms with Crippen LogP contribution in [-0.4, -0.2) is 23.5 Å². The van der Waals surface area contributed by atoms with Gasteiger partial charge in [-0.1, -0.05) is 12.1 Å². The van der Waals surface area contributed by atoms with Gasteiger partial charge in [-0.15, -0.1) is 0 Å². The van der Waals surface area contributed by atoms with Gasteiger partial charge >= 0.3 is 5.97 Å². The predicted molar refractivity (Wildman–Crippen MR) is 59.5 cm³/mol. The Hall–Kier alpha value is -1.97. The number of carboxylic acids is 1. The standard InChI is InChI=1S/C11H12N2O2/c1-7-3-4-8(10(5-7)13-2)9(12)6-11(14)15/h3-5,12H,2,6H2,1H3,(H,14,15). The number of rotatable bonds is 4. The minimum Gasteiger partial charge on any atom is -0.481 e. The highest BCUT2D eigenvalue weighted by Crippen LogP contribution is 2.21. The third-order valence-corrected chi connectivity index (χ3v) is 1.98. The summed E-state index contributed by atoms with van der Waals surface area (Å²) in [5.41, 5.74) is 2.13. The van der Waals surface area contributed by atoms with Gasteiger partial charge in [0.2, 0.25) is 0 Å². The molecule has 0 radical (unpaired) electrons. The van der Waals surface area contributed by atoms with E-state index >= 15 is 0 Å². The molecule has 0 unspecified atom stereocenters. The lowest BCUT2D eigenvalue weighted by Gasteiger charge is -2.06. The number of aliphatic carboxylic acids is 1. The van der Waals surface area contributed by atoms with Gasteiger partial charge in [0.05, 0.1) is 17.8 Å². The third kappa shape index (κ3) is 2.74. The van der Waals surface area contributed by atoms with Crippen LogP contribution in [0.15, 0.2) is 23.2 Å². The molecule has 0 atom stereocenters. The first kappa shape index (κ1) is 11.1. The van der Waals surface area contributed by atoms with Crippen molar-refractivity contribution in [3.63, 3.8) is 0 Å². The molecule has 78 valence electrons. The molecule has 0 aromatic heterocycles. The summed E-state index contributed by atoms with van der Waals surface area (Å²) >= 11 is 0.